The van der Waals surface area contributed by atoms with Gasteiger partial charge in [-0.1, -0.05) is 215 Å². The first kappa shape index (κ1) is 124. The molecule has 144 heavy (non-hydrogen) atoms. The predicted octanol–water partition coefficient (Wildman–Crippen LogP) is 7.74. The second kappa shape index (κ2) is 59.3. The van der Waals surface area contributed by atoms with Gasteiger partial charge in [-0.2, -0.15) is 12.9 Å². The zero-order valence-electron chi connectivity index (χ0n) is 81.1. The number of rotatable bonds is 46. The molecule has 14 rings (SSSR count). The number of benzene rings is 8. The first-order valence-electron chi connectivity index (χ1n) is 46.2. The Morgan fingerprint density at radius 1 is 0.382 bits per heavy atom. The molecule has 43 heteroatoms. The molecule has 0 radical (unpaired) electrons. The summed E-state index contributed by atoms with van der Waals surface area (Å²) in [6.45, 7) is 12.1. The van der Waals surface area contributed by atoms with E-state index in [1.54, 1.807) is 68.4 Å². The number of amides is 3. The van der Waals surface area contributed by atoms with Crippen LogP contribution in [-0.2, 0) is 132 Å². The third-order valence-corrected chi connectivity index (χ3v) is 31.3. The van der Waals surface area contributed by atoms with Crippen molar-refractivity contribution in [1.82, 2.24) is 28.9 Å². The summed E-state index contributed by atoms with van der Waals surface area (Å²) < 4.78 is 204. The van der Waals surface area contributed by atoms with E-state index in [9.17, 15) is 63.7 Å². The maximum absolute atomic E-state index is 15.0. The zero-order valence-corrected chi connectivity index (χ0v) is 89.4. The fraction of sp³-hybridized carbons (Fsp3) is 0.495. The van der Waals surface area contributed by atoms with E-state index in [0.29, 0.717) is 66.6 Å². The van der Waals surface area contributed by atoms with Gasteiger partial charge in [0.25, 0.3) is 0 Å². The summed E-state index contributed by atoms with van der Waals surface area (Å²) in [5.41, 5.74) is 3.77. The van der Waals surface area contributed by atoms with Gasteiger partial charge in [0.05, 0.1) is 145 Å². The van der Waals surface area contributed by atoms with Crippen molar-refractivity contribution in [2.45, 2.75) is 204 Å². The van der Waals surface area contributed by atoms with Gasteiger partial charge in [0, 0.05) is 39.3 Å². The summed E-state index contributed by atoms with van der Waals surface area (Å²) in [7, 11) is -18.1. The standard InChI is InChI=1S/C42H51N2O11PS.C28H39N2O11PS.C28H38N2O8S.3CH4.2Na/c1-31(2)26-44(57(47,48)36-21-19-35(49-3)20-22-36)27-39(55-56(46,52-28-33-15-9-5-10-16-33)53-29-34-17-11-6-12-18-34)38(25-32-13-7-4-8-14-32)43-42(45)54-40-30-51-41-37(40)23-24-50-41;1-19(2)16-30(43(35,36)22-11-9-21(37-3)10-12-22)17-25(41-42(32,33)34)24(15-20-7-5-4-6-8-20)29-28(31)40-26-18-39-27-23(26)13-14-38-27;1-19(2)16-30(39(33,34)22-11-9-21(35-3)10-12-22)17-25(31)24(15-20-7-5-4-6-8-20)29-28(32)38-26-18-37-27-23(26)13-14-36-27;;;;;/h4-22,31,37-41H,23-30H2,1-3H3,(H,43,45);4-12,19,23-27H,13-18H2,1-3H3,(H,29,31)(H2,32,33,34);4-12,19,23-27,31H,13-18H2,1-3H3,(H,29,32);3*1H4;;/q;;;;;;2*+1/p-2/t37-,38-,39+,40-,41+;2*23-,24-,25+,26-,27+;;;;;/m000...../s1. The fourth-order valence-electron chi connectivity index (χ4n) is 16.9. The SMILES string of the molecule is C.C.C.COc1ccc(S(=O)(=O)N(CC(C)C)C[C@@H](O)[C@H](Cc2ccccc2)NC(=O)O[C@H]2CO[C@H]3OCC[C@H]32)cc1.COc1ccc(S(=O)(=O)N(CC(C)C)C[C@@H](OP(=O)(OCc2ccccc2)OCc2ccccc2)[C@H](Cc2ccccc2)NC(=O)O[C@H]2CO[C@H]3OCC[C@H]32)cc1.COc1ccc(S(=O)(=O)N(CC(C)C)C[C@@H](OP(=O)([O-])[O-])[C@H](Cc2ccccc2)NC(=O)O[C@H]2CO[C@H]3OCC[C@H]32)cc1.[Na+].[Na+]. The Bertz CT molecular complexity index is 5580. The van der Waals surface area contributed by atoms with Crippen LogP contribution < -0.4 is 99.1 Å². The van der Waals surface area contributed by atoms with Crippen LogP contribution in [0.4, 0.5) is 14.4 Å². The zero-order chi connectivity index (χ0) is 99.4. The van der Waals surface area contributed by atoms with Crippen LogP contribution in [0.5, 0.6) is 17.2 Å². The van der Waals surface area contributed by atoms with Gasteiger partial charge in [-0.15, -0.1) is 0 Å². The van der Waals surface area contributed by atoms with Gasteiger partial charge in [0.2, 0.25) is 30.1 Å². The van der Waals surface area contributed by atoms with Crippen LogP contribution in [-0.4, -0.2) is 235 Å². The van der Waals surface area contributed by atoms with Crippen molar-refractivity contribution in [2.24, 2.45) is 35.5 Å². The molecule has 8 aromatic rings. The number of alkyl carbamates (subject to hydrolysis) is 3. The van der Waals surface area contributed by atoms with Gasteiger partial charge in [-0.25, -0.2) is 44.2 Å². The van der Waals surface area contributed by atoms with Gasteiger partial charge < -0.3 is 96.8 Å². The summed E-state index contributed by atoms with van der Waals surface area (Å²) >= 11 is 0. The molecular formula is C101H138N6Na2O30P2S3. The second-order valence-electron chi connectivity index (χ2n) is 35.7. The third-order valence-electron chi connectivity index (χ3n) is 23.8. The quantitative estimate of drug-likeness (QED) is 0.0161. The van der Waals surface area contributed by atoms with Crippen LogP contribution in [0, 0.1) is 35.5 Å². The van der Waals surface area contributed by atoms with Crippen molar-refractivity contribution >= 4 is 64.0 Å². The van der Waals surface area contributed by atoms with Crippen molar-refractivity contribution in [1.29, 1.82) is 0 Å². The number of nitrogens with zero attached hydrogens (tertiary/aromatic N) is 3. The molecule has 15 atom stereocenters. The van der Waals surface area contributed by atoms with Gasteiger partial charge in [0.15, 0.2) is 18.9 Å². The molecule has 0 spiro atoms. The van der Waals surface area contributed by atoms with Gasteiger partial charge >= 0.3 is 85.2 Å². The number of hydrogen-bond donors (Lipinski definition) is 4. The predicted molar refractivity (Wildman–Crippen MR) is 527 cm³/mol. The minimum absolute atomic E-state index is 0. The van der Waals surface area contributed by atoms with E-state index in [1.165, 1.54) is 78.5 Å². The molecule has 4 N–H and O–H groups in total. The fourth-order valence-corrected chi connectivity index (χ4v) is 23.6. The Balaban J connectivity index is 0.000000294. The van der Waals surface area contributed by atoms with Crippen molar-refractivity contribution in [3.8, 4) is 17.2 Å². The molecule has 0 aliphatic carbocycles. The Labute approximate surface area is 892 Å². The Morgan fingerprint density at radius 2 is 0.646 bits per heavy atom. The van der Waals surface area contributed by atoms with Crippen LogP contribution >= 0.6 is 15.6 Å². The maximum Gasteiger partial charge on any atom is 1.00 e. The smallest absolute Gasteiger partial charge is 0.790 e. The molecule has 6 heterocycles. The van der Waals surface area contributed by atoms with E-state index in [4.69, 9.17) is 74.9 Å². The molecule has 6 aliphatic heterocycles. The van der Waals surface area contributed by atoms with E-state index in [0.717, 1.165) is 21.9 Å². The number of fused-ring (bicyclic) bond motifs is 3. The summed E-state index contributed by atoms with van der Waals surface area (Å²) in [4.78, 5) is 64.0. The number of sulfonamides is 3. The molecular weight excluding hydrogens is 1980 g/mol. The average Bonchev–Trinajstić information content (AvgIpc) is 1.73. The first-order valence-corrected chi connectivity index (χ1v) is 53.5. The molecule has 6 aliphatic rings. The van der Waals surface area contributed by atoms with Crippen LogP contribution in [0.15, 0.2) is 239 Å². The molecule has 0 saturated carbocycles. The number of aliphatic hydroxyl groups is 1. The molecule has 8 aromatic carbocycles. The third kappa shape index (κ3) is 36.8. The molecule has 782 valence electrons. The van der Waals surface area contributed by atoms with Crippen molar-refractivity contribution in [2.75, 3.05) is 100 Å². The van der Waals surface area contributed by atoms with Gasteiger partial charge in [-0.3, -0.25) is 13.6 Å². The summed E-state index contributed by atoms with van der Waals surface area (Å²) in [6, 6.07) is 60.7. The van der Waals surface area contributed by atoms with Gasteiger partial charge in [0.1, 0.15) is 41.7 Å². The number of carbonyl (C=O) groups is 3. The van der Waals surface area contributed by atoms with E-state index in [2.05, 4.69) is 16.0 Å². The minimum atomic E-state index is -5.66. The summed E-state index contributed by atoms with van der Waals surface area (Å²) in [6.07, 6.45) is -6.84. The average molecular weight is 2120 g/mol. The Morgan fingerprint density at radius 3 is 0.924 bits per heavy atom. The number of phosphoric acid groups is 2. The van der Waals surface area contributed by atoms with Crippen LogP contribution in [0.1, 0.15) is 111 Å². The largest absolute Gasteiger partial charge is 1.00 e. The van der Waals surface area contributed by atoms with Gasteiger partial charge in [-0.05, 0) is 157 Å². The number of methoxy groups -OCH3 is 3. The minimum Gasteiger partial charge on any atom is -0.790 e. The van der Waals surface area contributed by atoms with Crippen LogP contribution in [0.3, 0.4) is 0 Å². The second-order valence-corrected chi connectivity index (χ2v) is 44.2. The molecule has 0 aromatic heterocycles. The normalized spacial score (nSPS) is 20.2. The molecule has 0 unspecified atom stereocenters. The topological polar surface area (TPSA) is 448 Å². The Kier molecular flexibility index (Phi) is 50.9. The maximum atomic E-state index is 15.0. The van der Waals surface area contributed by atoms with Crippen molar-refractivity contribution in [3.05, 3.63) is 252 Å². The first-order chi connectivity index (χ1) is 66.5. The van der Waals surface area contributed by atoms with Crippen molar-refractivity contribution < 1.29 is 198 Å². The molecule has 3 amide bonds. The molecule has 0 bridgehead atoms. The molecule has 6 saturated heterocycles. The summed E-state index contributed by atoms with van der Waals surface area (Å²) in [5.74, 6) is 0.865. The summed E-state index contributed by atoms with van der Waals surface area (Å²) in [5, 5.41) is 19.8. The van der Waals surface area contributed by atoms with E-state index >= 15 is 0 Å². The van der Waals surface area contributed by atoms with Crippen LogP contribution in [0.2, 0.25) is 0 Å². The number of nitrogens with one attached hydrogen (secondary N) is 3. The van der Waals surface area contributed by atoms with E-state index in [-0.39, 0.29) is 223 Å². The number of hydrogen-bond acceptors (Lipinski definition) is 30. The molecule has 36 nitrogen and oxygen atoms in total. The van der Waals surface area contributed by atoms with Crippen molar-refractivity contribution in [3.63, 3.8) is 0 Å². The van der Waals surface area contributed by atoms with E-state index in [1.807, 2.05) is 149 Å². The Hall–Kier alpha value is -7.36. The number of carbonyl (C=O) groups excluding carboxylic acids is 3. The number of ether oxygens (including phenoxy) is 12. The van der Waals surface area contributed by atoms with Crippen LogP contribution in [0.25, 0.3) is 0 Å². The monoisotopic (exact) mass is 2120 g/mol. The van der Waals surface area contributed by atoms with E-state index < -0.39 is 138 Å². The number of aliphatic hydroxyl groups excluding tert-OH is 1. The number of phosphoric ester groups is 2. The molecule has 6 fully saturated rings.